The molecule has 1 saturated heterocycles. The van der Waals surface area contributed by atoms with Gasteiger partial charge in [-0.2, -0.15) is 0 Å². The molecule has 0 aromatic heterocycles. The van der Waals surface area contributed by atoms with E-state index in [4.69, 9.17) is 4.74 Å². The summed E-state index contributed by atoms with van der Waals surface area (Å²) in [5.74, 6) is -0.239. The number of para-hydroxylation sites is 1. The lowest BCUT2D eigenvalue weighted by Gasteiger charge is -2.16. The molecule has 0 saturated carbocycles. The minimum absolute atomic E-state index is 0.252. The highest BCUT2D eigenvalue weighted by Crippen LogP contribution is 2.36. The molecule has 0 aliphatic carbocycles. The molecule has 0 N–H and O–H groups in total. The third kappa shape index (κ3) is 3.78. The summed E-state index contributed by atoms with van der Waals surface area (Å²) < 4.78 is 9.79. The third-order valence-corrected chi connectivity index (χ3v) is 4.54. The van der Waals surface area contributed by atoms with Gasteiger partial charge >= 0.3 is 5.97 Å². The van der Waals surface area contributed by atoms with Crippen molar-refractivity contribution in [2.24, 2.45) is 4.99 Å². The number of amidine groups is 1. The van der Waals surface area contributed by atoms with Crippen LogP contribution in [0, 0.1) is 0 Å². The fourth-order valence-corrected chi connectivity index (χ4v) is 3.25. The second-order valence-corrected chi connectivity index (χ2v) is 6.21. The first-order valence-corrected chi connectivity index (χ1v) is 8.54. The first-order valence-electron chi connectivity index (χ1n) is 7.72. The molecule has 0 radical (unpaired) electrons. The quantitative estimate of drug-likeness (QED) is 0.610. The van der Waals surface area contributed by atoms with Crippen molar-refractivity contribution in [3.05, 3.63) is 65.6 Å². The molecular formula is C19H16N2O4S. The third-order valence-electron chi connectivity index (χ3n) is 3.57. The predicted molar refractivity (Wildman–Crippen MR) is 102 cm³/mol. The van der Waals surface area contributed by atoms with Crippen molar-refractivity contribution >= 4 is 40.2 Å². The monoisotopic (exact) mass is 368 g/mol. The maximum absolute atomic E-state index is 12.8. The van der Waals surface area contributed by atoms with Crippen molar-refractivity contribution in [1.29, 1.82) is 0 Å². The van der Waals surface area contributed by atoms with Crippen molar-refractivity contribution in [2.75, 3.05) is 19.1 Å². The van der Waals surface area contributed by atoms with E-state index >= 15 is 0 Å². The average molecular weight is 368 g/mol. The Balaban J connectivity index is 2.03. The number of ether oxygens (including phenoxy) is 2. The van der Waals surface area contributed by atoms with Gasteiger partial charge in [0.15, 0.2) is 5.17 Å². The number of carbonyl (C=O) groups is 2. The number of hydrogen-bond acceptors (Lipinski definition) is 6. The van der Waals surface area contributed by atoms with Gasteiger partial charge in [-0.3, -0.25) is 9.69 Å². The van der Waals surface area contributed by atoms with Gasteiger partial charge in [-0.15, -0.1) is 0 Å². The van der Waals surface area contributed by atoms with Crippen LogP contribution >= 0.6 is 11.8 Å². The SMILES string of the molecule is COC(=O)C=C1SC(=Nc2ccccc2)N(c2ccc(OC)cc2)C1=O. The molecule has 132 valence electrons. The summed E-state index contributed by atoms with van der Waals surface area (Å²) in [6.07, 6.45) is 1.18. The molecule has 1 amide bonds. The fourth-order valence-electron chi connectivity index (χ4n) is 2.29. The Labute approximate surface area is 155 Å². The molecule has 7 heteroatoms. The number of nitrogens with zero attached hydrogens (tertiary/aromatic N) is 2. The van der Waals surface area contributed by atoms with Gasteiger partial charge in [0.05, 0.1) is 30.5 Å². The van der Waals surface area contributed by atoms with E-state index in [2.05, 4.69) is 9.73 Å². The van der Waals surface area contributed by atoms with Crippen LogP contribution in [-0.4, -0.2) is 31.3 Å². The van der Waals surface area contributed by atoms with Crippen LogP contribution in [0.15, 0.2) is 70.6 Å². The number of benzene rings is 2. The summed E-state index contributed by atoms with van der Waals surface area (Å²) in [5.41, 5.74) is 1.34. The number of rotatable bonds is 4. The number of aliphatic imine (C=N–C) groups is 1. The van der Waals surface area contributed by atoms with Gasteiger partial charge in [0, 0.05) is 6.08 Å². The maximum Gasteiger partial charge on any atom is 0.331 e. The lowest BCUT2D eigenvalue weighted by atomic mass is 10.2. The number of hydrogen-bond donors (Lipinski definition) is 0. The molecule has 0 unspecified atom stereocenters. The largest absolute Gasteiger partial charge is 0.497 e. The van der Waals surface area contributed by atoms with E-state index in [1.807, 2.05) is 30.3 Å². The number of anilines is 1. The molecule has 1 aliphatic heterocycles. The standard InChI is InChI=1S/C19H16N2O4S/c1-24-15-10-8-14(9-11-15)21-18(23)16(12-17(22)25-2)26-19(21)20-13-6-4-3-5-7-13/h3-12H,1-2H3. The number of esters is 1. The van der Waals surface area contributed by atoms with Crippen LogP contribution in [0.3, 0.4) is 0 Å². The predicted octanol–water partition coefficient (Wildman–Crippen LogP) is 3.52. The smallest absolute Gasteiger partial charge is 0.331 e. The number of thioether (sulfide) groups is 1. The Bertz CT molecular complexity index is 876. The van der Waals surface area contributed by atoms with E-state index in [0.29, 0.717) is 22.3 Å². The molecule has 2 aromatic carbocycles. The van der Waals surface area contributed by atoms with Gasteiger partial charge in [0.2, 0.25) is 0 Å². The Morgan fingerprint density at radius 2 is 1.77 bits per heavy atom. The van der Waals surface area contributed by atoms with Crippen LogP contribution in [0.2, 0.25) is 0 Å². The minimum atomic E-state index is -0.587. The number of amides is 1. The second-order valence-electron chi connectivity index (χ2n) is 5.20. The maximum atomic E-state index is 12.8. The van der Waals surface area contributed by atoms with E-state index in [1.165, 1.54) is 18.1 Å². The zero-order valence-corrected chi connectivity index (χ0v) is 15.0. The van der Waals surface area contributed by atoms with Gasteiger partial charge in [-0.05, 0) is 48.2 Å². The highest BCUT2D eigenvalue weighted by atomic mass is 32.2. The summed E-state index contributed by atoms with van der Waals surface area (Å²) in [5, 5.41) is 0.460. The molecule has 0 bridgehead atoms. The molecule has 2 aromatic rings. The Kier molecular flexibility index (Phi) is 5.38. The minimum Gasteiger partial charge on any atom is -0.497 e. The van der Waals surface area contributed by atoms with E-state index in [-0.39, 0.29) is 10.8 Å². The van der Waals surface area contributed by atoms with Crippen molar-refractivity contribution in [3.8, 4) is 5.75 Å². The molecule has 1 aliphatic rings. The Morgan fingerprint density at radius 3 is 2.38 bits per heavy atom. The molecule has 26 heavy (non-hydrogen) atoms. The van der Waals surface area contributed by atoms with Gasteiger partial charge in [-0.1, -0.05) is 18.2 Å². The van der Waals surface area contributed by atoms with E-state index < -0.39 is 5.97 Å². The molecule has 1 fully saturated rings. The Morgan fingerprint density at radius 1 is 1.08 bits per heavy atom. The van der Waals surface area contributed by atoms with Crippen LogP contribution in [-0.2, 0) is 14.3 Å². The highest BCUT2D eigenvalue weighted by Gasteiger charge is 2.35. The van der Waals surface area contributed by atoms with Crippen LogP contribution in [0.4, 0.5) is 11.4 Å². The van der Waals surface area contributed by atoms with Crippen LogP contribution < -0.4 is 9.64 Å². The molecule has 6 nitrogen and oxygen atoms in total. The molecule has 0 atom stereocenters. The fraction of sp³-hybridized carbons (Fsp3) is 0.105. The summed E-state index contributed by atoms with van der Waals surface area (Å²) in [4.78, 5) is 30.7. The van der Waals surface area contributed by atoms with Crippen LogP contribution in [0.25, 0.3) is 0 Å². The first-order chi connectivity index (χ1) is 12.6. The highest BCUT2D eigenvalue weighted by molar-refractivity contribution is 8.19. The summed E-state index contributed by atoms with van der Waals surface area (Å²) in [6.45, 7) is 0. The normalized spacial score (nSPS) is 17.0. The number of carbonyl (C=O) groups excluding carboxylic acids is 2. The van der Waals surface area contributed by atoms with E-state index in [9.17, 15) is 9.59 Å². The summed E-state index contributed by atoms with van der Waals surface area (Å²) >= 11 is 1.13. The zero-order valence-electron chi connectivity index (χ0n) is 14.2. The summed E-state index contributed by atoms with van der Waals surface area (Å²) in [7, 11) is 2.84. The van der Waals surface area contributed by atoms with Crippen molar-refractivity contribution in [2.45, 2.75) is 0 Å². The van der Waals surface area contributed by atoms with Crippen LogP contribution in [0.5, 0.6) is 5.75 Å². The second kappa shape index (κ2) is 7.88. The van der Waals surface area contributed by atoms with Crippen molar-refractivity contribution < 1.29 is 19.1 Å². The average Bonchev–Trinajstić information content (AvgIpc) is 2.97. The van der Waals surface area contributed by atoms with Crippen molar-refractivity contribution in [1.82, 2.24) is 0 Å². The van der Waals surface area contributed by atoms with Gasteiger partial charge in [0.25, 0.3) is 5.91 Å². The molecular weight excluding hydrogens is 352 g/mol. The van der Waals surface area contributed by atoms with E-state index in [1.54, 1.807) is 31.4 Å². The Hall–Kier alpha value is -3.06. The lowest BCUT2D eigenvalue weighted by Crippen LogP contribution is -2.28. The zero-order chi connectivity index (χ0) is 18.5. The van der Waals surface area contributed by atoms with Gasteiger partial charge in [0.1, 0.15) is 5.75 Å². The van der Waals surface area contributed by atoms with Crippen molar-refractivity contribution in [3.63, 3.8) is 0 Å². The van der Waals surface area contributed by atoms with E-state index in [0.717, 1.165) is 11.8 Å². The van der Waals surface area contributed by atoms with Gasteiger partial charge < -0.3 is 9.47 Å². The topological polar surface area (TPSA) is 68.2 Å². The first kappa shape index (κ1) is 17.8. The van der Waals surface area contributed by atoms with Crippen LogP contribution in [0.1, 0.15) is 0 Å². The molecule has 0 spiro atoms. The molecule has 1 heterocycles. The lowest BCUT2D eigenvalue weighted by molar-refractivity contribution is -0.135. The summed E-state index contributed by atoms with van der Waals surface area (Å²) in [6, 6.07) is 16.3. The molecule has 3 rings (SSSR count). The van der Waals surface area contributed by atoms with Gasteiger partial charge in [-0.25, -0.2) is 9.79 Å². The number of methoxy groups -OCH3 is 2.